The smallest absolute Gasteiger partial charge is 0.264 e. The first-order valence-corrected chi connectivity index (χ1v) is 16.4. The van der Waals surface area contributed by atoms with Crippen molar-refractivity contribution in [2.24, 2.45) is 0 Å². The van der Waals surface area contributed by atoms with Gasteiger partial charge in [0.15, 0.2) is 0 Å². The molecule has 0 aliphatic heterocycles. The van der Waals surface area contributed by atoms with Gasteiger partial charge in [-0.3, -0.25) is 13.9 Å². The first-order valence-electron chi connectivity index (χ1n) is 14.2. The Balaban J connectivity index is 1.81. The number of benzene rings is 4. The number of likely N-dealkylation sites (N-methyl/N-ethyl adjacent to an activating group) is 1. The minimum atomic E-state index is -4.20. The summed E-state index contributed by atoms with van der Waals surface area (Å²) in [4.78, 5) is 29.5. The van der Waals surface area contributed by atoms with Gasteiger partial charge in [0.1, 0.15) is 18.3 Å². The van der Waals surface area contributed by atoms with Crippen LogP contribution >= 0.6 is 15.9 Å². The normalized spacial score (nSPS) is 11.8. The molecule has 0 heterocycles. The van der Waals surface area contributed by atoms with Crippen LogP contribution in [0.3, 0.4) is 0 Å². The Kier molecular flexibility index (Phi) is 11.2. The topological polar surface area (TPSA) is 96.0 Å². The van der Waals surface area contributed by atoms with E-state index in [9.17, 15) is 18.0 Å². The van der Waals surface area contributed by atoms with Crippen molar-refractivity contribution in [2.45, 2.75) is 37.8 Å². The molecule has 1 atom stereocenters. The van der Waals surface area contributed by atoms with Crippen LogP contribution in [0.5, 0.6) is 5.75 Å². The number of hydrogen-bond acceptors (Lipinski definition) is 5. The summed E-state index contributed by atoms with van der Waals surface area (Å²) in [5.74, 6) is -0.418. The molecule has 10 heteroatoms. The molecule has 1 N–H and O–H groups in total. The molecular weight excluding hydrogens is 642 g/mol. The molecule has 0 radical (unpaired) electrons. The van der Waals surface area contributed by atoms with Gasteiger partial charge in [-0.15, -0.1) is 0 Å². The zero-order valence-electron chi connectivity index (χ0n) is 24.9. The maximum absolute atomic E-state index is 14.4. The molecule has 1 unspecified atom stereocenters. The Morgan fingerprint density at radius 2 is 1.57 bits per heavy atom. The number of ether oxygens (including phenoxy) is 1. The number of halogens is 1. The molecule has 8 nitrogen and oxygen atoms in total. The summed E-state index contributed by atoms with van der Waals surface area (Å²) in [6.45, 7) is 3.61. The summed E-state index contributed by atoms with van der Waals surface area (Å²) in [5.41, 5.74) is 2.81. The maximum atomic E-state index is 14.4. The van der Waals surface area contributed by atoms with Gasteiger partial charge in [0.05, 0.1) is 17.7 Å². The van der Waals surface area contributed by atoms with E-state index in [1.807, 2.05) is 68.4 Å². The predicted octanol–water partition coefficient (Wildman–Crippen LogP) is 5.74. The maximum Gasteiger partial charge on any atom is 0.264 e. The standard InChI is InChI=1S/C34H36BrN3O5S/c1-4-36-34(40)32(21-26-10-6-5-7-11-26)37(23-27-12-8-13-28(35)20-27)33(39)24-38(29-14-9-15-30(22-29)43-3)44(41,42)31-18-16-25(2)17-19-31/h5-20,22,32H,4,21,23-24H2,1-3H3,(H,36,40). The molecule has 0 aliphatic rings. The van der Waals surface area contributed by atoms with Crippen molar-refractivity contribution in [2.75, 3.05) is 24.5 Å². The van der Waals surface area contributed by atoms with E-state index in [-0.39, 0.29) is 29.5 Å². The zero-order valence-corrected chi connectivity index (χ0v) is 27.3. The lowest BCUT2D eigenvalue weighted by Crippen LogP contribution is -2.53. The van der Waals surface area contributed by atoms with Crippen LogP contribution in [0, 0.1) is 6.92 Å². The number of anilines is 1. The van der Waals surface area contributed by atoms with E-state index in [1.54, 1.807) is 36.4 Å². The molecule has 230 valence electrons. The van der Waals surface area contributed by atoms with Crippen LogP contribution in [0.1, 0.15) is 23.6 Å². The van der Waals surface area contributed by atoms with Gasteiger partial charge in [0.25, 0.3) is 10.0 Å². The molecule has 0 spiro atoms. The summed E-state index contributed by atoms with van der Waals surface area (Å²) >= 11 is 3.49. The van der Waals surface area contributed by atoms with Crippen molar-refractivity contribution in [3.05, 3.63) is 124 Å². The van der Waals surface area contributed by atoms with E-state index in [4.69, 9.17) is 4.74 Å². The fraction of sp³-hybridized carbons (Fsp3) is 0.235. The van der Waals surface area contributed by atoms with Crippen molar-refractivity contribution in [1.82, 2.24) is 10.2 Å². The number of amides is 2. The number of nitrogens with zero attached hydrogens (tertiary/aromatic N) is 2. The summed E-state index contributed by atoms with van der Waals surface area (Å²) in [6, 6.07) is 29.0. The number of methoxy groups -OCH3 is 1. The molecule has 4 rings (SSSR count). The van der Waals surface area contributed by atoms with Gasteiger partial charge >= 0.3 is 0 Å². The van der Waals surface area contributed by atoms with Crippen LogP contribution in [0.25, 0.3) is 0 Å². The van der Waals surface area contributed by atoms with E-state index in [1.165, 1.54) is 24.1 Å². The van der Waals surface area contributed by atoms with E-state index in [2.05, 4.69) is 21.2 Å². The monoisotopic (exact) mass is 677 g/mol. The quantitative estimate of drug-likeness (QED) is 0.195. The first kappa shape index (κ1) is 32.8. The highest BCUT2D eigenvalue weighted by molar-refractivity contribution is 9.10. The van der Waals surface area contributed by atoms with Gasteiger partial charge in [-0.25, -0.2) is 8.42 Å². The number of aryl methyl sites for hydroxylation is 1. The Morgan fingerprint density at radius 1 is 0.886 bits per heavy atom. The summed E-state index contributed by atoms with van der Waals surface area (Å²) in [7, 11) is -2.71. The molecule has 4 aromatic carbocycles. The lowest BCUT2D eigenvalue weighted by atomic mass is 10.0. The van der Waals surface area contributed by atoms with Gasteiger partial charge in [-0.05, 0) is 61.4 Å². The minimum Gasteiger partial charge on any atom is -0.497 e. The molecule has 0 aromatic heterocycles. The zero-order chi connectivity index (χ0) is 31.7. The van der Waals surface area contributed by atoms with Gasteiger partial charge in [-0.2, -0.15) is 0 Å². The van der Waals surface area contributed by atoms with Crippen molar-refractivity contribution in [3.63, 3.8) is 0 Å². The van der Waals surface area contributed by atoms with Crippen molar-refractivity contribution < 1.29 is 22.7 Å². The molecular formula is C34H36BrN3O5S. The number of sulfonamides is 1. The Morgan fingerprint density at radius 3 is 2.23 bits per heavy atom. The lowest BCUT2D eigenvalue weighted by molar-refractivity contribution is -0.140. The highest BCUT2D eigenvalue weighted by Gasteiger charge is 2.34. The van der Waals surface area contributed by atoms with Crippen LogP contribution in [-0.2, 0) is 32.6 Å². The predicted molar refractivity (Wildman–Crippen MR) is 176 cm³/mol. The van der Waals surface area contributed by atoms with Crippen molar-refractivity contribution in [3.8, 4) is 5.75 Å². The number of hydrogen-bond donors (Lipinski definition) is 1. The van der Waals surface area contributed by atoms with Crippen LogP contribution in [0.15, 0.2) is 112 Å². The average Bonchev–Trinajstić information content (AvgIpc) is 3.02. The Bertz CT molecular complexity index is 1680. The molecule has 0 saturated carbocycles. The van der Waals surface area contributed by atoms with Gasteiger partial charge in [-0.1, -0.05) is 82.2 Å². The summed E-state index contributed by atoms with van der Waals surface area (Å²) in [5, 5.41) is 2.87. The number of carbonyl (C=O) groups is 2. The van der Waals surface area contributed by atoms with Crippen molar-refractivity contribution in [1.29, 1.82) is 0 Å². The fourth-order valence-electron chi connectivity index (χ4n) is 4.81. The van der Waals surface area contributed by atoms with Crippen LogP contribution in [0.4, 0.5) is 5.69 Å². The minimum absolute atomic E-state index is 0.0434. The molecule has 2 amide bonds. The van der Waals surface area contributed by atoms with Gasteiger partial charge in [0.2, 0.25) is 11.8 Å². The average molecular weight is 679 g/mol. The summed E-state index contributed by atoms with van der Waals surface area (Å²) in [6.07, 6.45) is 0.246. The number of rotatable bonds is 13. The Labute approximate surface area is 267 Å². The first-order chi connectivity index (χ1) is 21.1. The third-order valence-corrected chi connectivity index (χ3v) is 9.37. The Hall–Kier alpha value is -4.15. The highest BCUT2D eigenvalue weighted by atomic mass is 79.9. The van der Waals surface area contributed by atoms with E-state index in [0.29, 0.717) is 12.3 Å². The number of carbonyl (C=O) groups excluding carboxylic acids is 2. The molecule has 4 aromatic rings. The lowest BCUT2D eigenvalue weighted by Gasteiger charge is -2.34. The second kappa shape index (κ2) is 15.0. The molecule has 0 saturated heterocycles. The largest absolute Gasteiger partial charge is 0.497 e. The second-order valence-corrected chi connectivity index (χ2v) is 13.1. The van der Waals surface area contributed by atoms with Gasteiger partial charge in [0, 0.05) is 30.0 Å². The third-order valence-electron chi connectivity index (χ3n) is 7.09. The van der Waals surface area contributed by atoms with E-state index < -0.39 is 28.5 Å². The van der Waals surface area contributed by atoms with E-state index >= 15 is 0 Å². The third kappa shape index (κ3) is 8.27. The van der Waals surface area contributed by atoms with Gasteiger partial charge < -0.3 is 15.0 Å². The molecule has 44 heavy (non-hydrogen) atoms. The van der Waals surface area contributed by atoms with Crippen LogP contribution < -0.4 is 14.4 Å². The molecule has 0 fully saturated rings. The molecule has 0 bridgehead atoms. The second-order valence-electron chi connectivity index (χ2n) is 10.3. The fourth-order valence-corrected chi connectivity index (χ4v) is 6.66. The van der Waals surface area contributed by atoms with E-state index in [0.717, 1.165) is 25.5 Å². The van der Waals surface area contributed by atoms with Crippen molar-refractivity contribution >= 4 is 43.5 Å². The SMILES string of the molecule is CCNC(=O)C(Cc1ccccc1)N(Cc1cccc(Br)c1)C(=O)CN(c1cccc(OC)c1)S(=O)(=O)c1ccc(C)cc1. The summed E-state index contributed by atoms with van der Waals surface area (Å²) < 4.78 is 35.5. The highest BCUT2D eigenvalue weighted by Crippen LogP contribution is 2.28. The number of nitrogens with one attached hydrogen (secondary N) is 1. The van der Waals surface area contributed by atoms with Crippen LogP contribution in [0.2, 0.25) is 0 Å². The van der Waals surface area contributed by atoms with Crippen LogP contribution in [-0.4, -0.2) is 51.4 Å². The molecule has 0 aliphatic carbocycles.